The minimum absolute atomic E-state index is 0.0178. The number of H-pyrrole nitrogens is 1. The SMILES string of the molecule is COCCNC(=O)CCNc1cc2[nH]ncc2cc1N. The Hall–Kier alpha value is -2.28. The van der Waals surface area contributed by atoms with Crippen LogP contribution in [0.2, 0.25) is 0 Å². The Morgan fingerprint density at radius 1 is 1.45 bits per heavy atom. The van der Waals surface area contributed by atoms with Gasteiger partial charge in [0.15, 0.2) is 0 Å². The van der Waals surface area contributed by atoms with Gasteiger partial charge >= 0.3 is 0 Å². The van der Waals surface area contributed by atoms with E-state index in [1.165, 1.54) is 0 Å². The molecule has 0 aliphatic carbocycles. The summed E-state index contributed by atoms with van der Waals surface area (Å²) in [4.78, 5) is 11.5. The van der Waals surface area contributed by atoms with Gasteiger partial charge in [-0.3, -0.25) is 9.89 Å². The van der Waals surface area contributed by atoms with E-state index in [1.807, 2.05) is 12.1 Å². The van der Waals surface area contributed by atoms with Gasteiger partial charge in [-0.2, -0.15) is 5.10 Å². The van der Waals surface area contributed by atoms with Crippen molar-refractivity contribution in [3.05, 3.63) is 18.3 Å². The van der Waals surface area contributed by atoms with Crippen LogP contribution in [0, 0.1) is 0 Å². The average Bonchev–Trinajstić information content (AvgIpc) is 2.86. The fourth-order valence-electron chi connectivity index (χ4n) is 1.85. The van der Waals surface area contributed by atoms with Crippen LogP contribution in [0.4, 0.5) is 11.4 Å². The number of nitrogens with zero attached hydrogens (tertiary/aromatic N) is 1. The molecule has 7 nitrogen and oxygen atoms in total. The predicted molar refractivity (Wildman–Crippen MR) is 78.5 cm³/mol. The molecule has 7 heteroatoms. The molecule has 108 valence electrons. The van der Waals surface area contributed by atoms with Gasteiger partial charge in [-0.25, -0.2) is 0 Å². The fraction of sp³-hybridized carbons (Fsp3) is 0.385. The van der Waals surface area contributed by atoms with E-state index in [-0.39, 0.29) is 5.91 Å². The molecule has 20 heavy (non-hydrogen) atoms. The van der Waals surface area contributed by atoms with E-state index in [2.05, 4.69) is 20.8 Å². The van der Waals surface area contributed by atoms with Gasteiger partial charge in [0.2, 0.25) is 5.91 Å². The topological polar surface area (TPSA) is 105 Å². The third-order valence-corrected chi connectivity index (χ3v) is 2.91. The number of nitrogens with one attached hydrogen (secondary N) is 3. The lowest BCUT2D eigenvalue weighted by Gasteiger charge is -2.09. The molecule has 0 unspecified atom stereocenters. The number of nitrogens with two attached hydrogens (primary N) is 1. The van der Waals surface area contributed by atoms with Gasteiger partial charge in [0.25, 0.3) is 0 Å². The molecule has 1 amide bonds. The van der Waals surface area contributed by atoms with Crippen molar-refractivity contribution in [2.45, 2.75) is 6.42 Å². The van der Waals surface area contributed by atoms with Gasteiger partial charge in [-0.1, -0.05) is 0 Å². The summed E-state index contributed by atoms with van der Waals surface area (Å²) in [6, 6.07) is 3.74. The van der Waals surface area contributed by atoms with Gasteiger partial charge in [-0.15, -0.1) is 0 Å². The smallest absolute Gasteiger partial charge is 0.221 e. The second-order valence-corrected chi connectivity index (χ2v) is 4.42. The van der Waals surface area contributed by atoms with Gasteiger partial charge in [0.05, 0.1) is 29.7 Å². The first-order valence-corrected chi connectivity index (χ1v) is 6.43. The third-order valence-electron chi connectivity index (χ3n) is 2.91. The molecule has 1 aromatic heterocycles. The summed E-state index contributed by atoms with van der Waals surface area (Å²) in [5, 5.41) is 13.7. The van der Waals surface area contributed by atoms with Crippen LogP contribution < -0.4 is 16.4 Å². The molecule has 0 fully saturated rings. The quantitative estimate of drug-likeness (QED) is 0.440. The van der Waals surface area contributed by atoms with Crippen LogP contribution in [0.5, 0.6) is 0 Å². The standard InChI is InChI=1S/C13H19N5O2/c1-20-5-4-16-13(19)2-3-15-12-7-11-9(6-10(12)14)8-17-18-11/h6-8,15H,2-5,14H2,1H3,(H,16,19)(H,17,18). The number of hydrogen-bond acceptors (Lipinski definition) is 5. The fourth-order valence-corrected chi connectivity index (χ4v) is 1.85. The summed E-state index contributed by atoms with van der Waals surface area (Å²) in [7, 11) is 1.60. The Balaban J connectivity index is 1.83. The lowest BCUT2D eigenvalue weighted by atomic mass is 10.2. The summed E-state index contributed by atoms with van der Waals surface area (Å²) < 4.78 is 4.86. The Bertz CT molecular complexity index is 581. The monoisotopic (exact) mass is 277 g/mol. The van der Waals surface area contributed by atoms with Crippen LogP contribution >= 0.6 is 0 Å². The van der Waals surface area contributed by atoms with Crippen molar-refractivity contribution < 1.29 is 9.53 Å². The van der Waals surface area contributed by atoms with E-state index in [9.17, 15) is 4.79 Å². The Morgan fingerprint density at radius 2 is 2.30 bits per heavy atom. The largest absolute Gasteiger partial charge is 0.397 e. The van der Waals surface area contributed by atoms with Crippen LogP contribution in [0.25, 0.3) is 10.9 Å². The van der Waals surface area contributed by atoms with Crippen molar-refractivity contribution in [1.29, 1.82) is 0 Å². The first kappa shape index (κ1) is 14.1. The van der Waals surface area contributed by atoms with E-state index < -0.39 is 0 Å². The van der Waals surface area contributed by atoms with Crippen molar-refractivity contribution in [2.24, 2.45) is 0 Å². The molecule has 0 saturated heterocycles. The molecule has 1 aromatic carbocycles. The van der Waals surface area contributed by atoms with Gasteiger partial charge in [0.1, 0.15) is 0 Å². The highest BCUT2D eigenvalue weighted by atomic mass is 16.5. The number of anilines is 2. The number of carbonyl (C=O) groups excluding carboxylic acids is 1. The molecule has 0 bridgehead atoms. The molecule has 5 N–H and O–H groups in total. The number of ether oxygens (including phenoxy) is 1. The van der Waals surface area contributed by atoms with E-state index in [4.69, 9.17) is 10.5 Å². The number of fused-ring (bicyclic) bond motifs is 1. The van der Waals surface area contributed by atoms with E-state index in [0.29, 0.717) is 31.8 Å². The second-order valence-electron chi connectivity index (χ2n) is 4.42. The Morgan fingerprint density at radius 3 is 3.10 bits per heavy atom. The summed E-state index contributed by atoms with van der Waals surface area (Å²) in [5.41, 5.74) is 8.28. The lowest BCUT2D eigenvalue weighted by molar-refractivity contribution is -0.121. The molecule has 0 atom stereocenters. The molecule has 2 rings (SSSR count). The van der Waals surface area contributed by atoms with Gasteiger partial charge in [0, 0.05) is 32.0 Å². The number of hydrogen-bond donors (Lipinski definition) is 4. The van der Waals surface area contributed by atoms with Gasteiger partial charge in [-0.05, 0) is 12.1 Å². The van der Waals surface area contributed by atoms with Crippen LogP contribution in [-0.4, -0.2) is 42.9 Å². The zero-order valence-corrected chi connectivity index (χ0v) is 11.4. The summed E-state index contributed by atoms with van der Waals surface area (Å²) in [6.45, 7) is 1.56. The second kappa shape index (κ2) is 6.76. The van der Waals surface area contributed by atoms with E-state index in [0.717, 1.165) is 16.6 Å². The van der Waals surface area contributed by atoms with Crippen LogP contribution in [0.3, 0.4) is 0 Å². The molecule has 0 aliphatic rings. The minimum Gasteiger partial charge on any atom is -0.397 e. The number of aromatic nitrogens is 2. The van der Waals surface area contributed by atoms with Crippen molar-refractivity contribution >= 4 is 28.2 Å². The lowest BCUT2D eigenvalue weighted by Crippen LogP contribution is -2.28. The third kappa shape index (κ3) is 3.61. The molecule has 2 aromatic rings. The van der Waals surface area contributed by atoms with E-state index >= 15 is 0 Å². The highest BCUT2D eigenvalue weighted by molar-refractivity contribution is 5.88. The highest BCUT2D eigenvalue weighted by Gasteiger charge is 2.05. The van der Waals surface area contributed by atoms with Crippen molar-refractivity contribution in [1.82, 2.24) is 15.5 Å². The summed E-state index contributed by atoms with van der Waals surface area (Å²) in [6.07, 6.45) is 2.10. The molecule has 0 aliphatic heterocycles. The van der Waals surface area contributed by atoms with Crippen LogP contribution in [-0.2, 0) is 9.53 Å². The number of amides is 1. The highest BCUT2D eigenvalue weighted by Crippen LogP contribution is 2.24. The molecular weight excluding hydrogens is 258 g/mol. The molecule has 1 heterocycles. The molecular formula is C13H19N5O2. The first-order valence-electron chi connectivity index (χ1n) is 6.43. The Labute approximate surface area is 116 Å². The van der Waals surface area contributed by atoms with Crippen molar-refractivity contribution in [3.8, 4) is 0 Å². The van der Waals surface area contributed by atoms with Gasteiger partial charge < -0.3 is 21.1 Å². The van der Waals surface area contributed by atoms with Crippen LogP contribution in [0.15, 0.2) is 18.3 Å². The molecule has 0 spiro atoms. The molecule has 0 saturated carbocycles. The first-order chi connectivity index (χ1) is 9.70. The maximum absolute atomic E-state index is 11.5. The average molecular weight is 277 g/mol. The number of carbonyl (C=O) groups is 1. The normalized spacial score (nSPS) is 10.7. The maximum atomic E-state index is 11.5. The Kier molecular flexibility index (Phi) is 4.78. The summed E-state index contributed by atoms with van der Waals surface area (Å²) in [5.74, 6) is -0.0178. The number of methoxy groups -OCH3 is 1. The zero-order chi connectivity index (χ0) is 14.4. The number of nitrogen functional groups attached to an aromatic ring is 1. The van der Waals surface area contributed by atoms with Crippen molar-refractivity contribution in [2.75, 3.05) is 37.9 Å². The minimum atomic E-state index is -0.0178. The number of benzene rings is 1. The number of aromatic amines is 1. The van der Waals surface area contributed by atoms with E-state index in [1.54, 1.807) is 13.3 Å². The van der Waals surface area contributed by atoms with Crippen molar-refractivity contribution in [3.63, 3.8) is 0 Å². The summed E-state index contributed by atoms with van der Waals surface area (Å²) >= 11 is 0. The molecule has 0 radical (unpaired) electrons. The number of rotatable bonds is 7. The zero-order valence-electron chi connectivity index (χ0n) is 11.4. The maximum Gasteiger partial charge on any atom is 0.221 e. The predicted octanol–water partition coefficient (Wildman–Crippen LogP) is 0.710. The van der Waals surface area contributed by atoms with Crippen LogP contribution in [0.1, 0.15) is 6.42 Å².